The highest BCUT2D eigenvalue weighted by atomic mass is 32.2. The Hall–Kier alpha value is -10.4. The van der Waals surface area contributed by atoms with Gasteiger partial charge < -0.3 is 31.3 Å². The molecule has 49 heteroatoms. The average Bonchev–Trinajstić information content (AvgIpc) is 0.914. The molecule has 0 bridgehead atoms. The monoisotopic (exact) mass is 1420 g/mol. The minimum absolute atomic E-state index is 0.172. The number of carbonyl (C=O) groups is 2. The topological polar surface area (TPSA) is 702 Å². The number of nitrogens with two attached hydrogens (primary N) is 1. The van der Waals surface area contributed by atoms with Gasteiger partial charge in [0.25, 0.3) is 76.5 Å². The van der Waals surface area contributed by atoms with Gasteiger partial charge in [-0.15, -0.1) is 35.8 Å². The van der Waals surface area contributed by atoms with Gasteiger partial charge in [0.2, 0.25) is 11.6 Å². The first-order chi connectivity index (χ1) is 42.2. The van der Waals surface area contributed by atoms with Crippen LogP contribution in [0, 0.1) is 10.1 Å². The lowest BCUT2D eigenvalue weighted by Crippen LogP contribution is -2.04. The largest absolute Gasteiger partial charge is 0.505 e. The number of nitrogen functional groups attached to an aromatic ring is 1. The minimum atomic E-state index is -5.87. The van der Waals surface area contributed by atoms with Gasteiger partial charge in [0, 0.05) is 28.3 Å². The van der Waals surface area contributed by atoms with Gasteiger partial charge in [-0.25, -0.2) is 9.59 Å². The van der Waals surface area contributed by atoms with Crippen LogP contribution in [0.2, 0.25) is 0 Å². The number of hydrogen-bond donors (Lipinski definition) is 13. The molecule has 0 amide bonds. The van der Waals surface area contributed by atoms with E-state index in [1.165, 1.54) is 0 Å². The third-order valence-electron chi connectivity index (χ3n) is 12.0. The molecule has 0 radical (unpaired) electrons. The van der Waals surface area contributed by atoms with Gasteiger partial charge in [0.1, 0.15) is 63.5 Å². The van der Waals surface area contributed by atoms with Crippen LogP contribution in [-0.4, -0.2) is 143 Å². The van der Waals surface area contributed by atoms with E-state index < -0.39 is 229 Å². The summed E-state index contributed by atoms with van der Waals surface area (Å²) in [6.45, 7) is 0. The highest BCUT2D eigenvalue weighted by molar-refractivity contribution is 7.87. The molecule has 1 aromatic heterocycles. The number of azo groups is 4. The lowest BCUT2D eigenvalue weighted by molar-refractivity contribution is -0.385. The molecule has 8 rings (SSSR count). The number of nitrogens with zero attached hydrogens (tertiary/aromatic N) is 11. The number of aromatic nitrogens is 2. The maximum absolute atomic E-state index is 13.2. The van der Waals surface area contributed by atoms with E-state index in [2.05, 4.69) is 46.0 Å². The van der Waals surface area contributed by atoms with E-state index in [4.69, 9.17) is 5.73 Å². The van der Waals surface area contributed by atoms with Gasteiger partial charge >= 0.3 is 11.9 Å². The molecule has 7 aromatic carbocycles. The molecule has 0 aliphatic carbocycles. The summed E-state index contributed by atoms with van der Waals surface area (Å²) in [5.41, 5.74) is -8.17. The number of rotatable bonds is 19. The van der Waals surface area contributed by atoms with Crippen LogP contribution >= 0.6 is 0 Å². The standard InChI is InChI=1S/C43H28N12O30S7/c44-32-25(14-26(87(68,69)70)21-13-30(91(80,81)82)35(39(57)31(21)32)51-46-23-7-3-17(55(63)64)11-27(23)88(71,72)73)48-47-24-8-6-19-20(40(24)92(83,84)85)12-29(90(77,78)79)34(38(19)56)50-45-15-9-22(42(59)60)33(28(10-15)89(74,75)76)49-52-36-37(43(61)62)53-54(41(36)58)16-1-4-18(5-2-16)86(65,66)67/h1-14,56-58H,44H2,(H,59,60)(H,61,62)(H,65,66,67)(H,68,69,70)(H,71,72,73)(H,74,75,76)(H,77,78,79)(H,80,81,82)(H,83,84,85)/b48-47?,50-45-,51-46-,52-49+. The molecule has 0 atom stereocenters. The average molecular weight is 1420 g/mol. The Bertz CT molecular complexity index is 5630. The van der Waals surface area contributed by atoms with Crippen molar-refractivity contribution in [3.05, 3.63) is 106 Å². The van der Waals surface area contributed by atoms with Gasteiger partial charge in [0.05, 0.1) is 37.8 Å². The molecule has 14 N–H and O–H groups in total. The summed E-state index contributed by atoms with van der Waals surface area (Å²) in [5, 5.41) is 92.2. The normalized spacial score (nSPS) is 13.2. The van der Waals surface area contributed by atoms with Crippen LogP contribution in [0.5, 0.6) is 17.4 Å². The fourth-order valence-electron chi connectivity index (χ4n) is 8.14. The molecule has 482 valence electrons. The molecule has 8 aromatic rings. The van der Waals surface area contributed by atoms with Gasteiger partial charge in [0.15, 0.2) is 17.2 Å². The zero-order valence-electron chi connectivity index (χ0n) is 43.7. The number of fused-ring (bicyclic) bond motifs is 2. The number of non-ortho nitro benzene ring substituents is 1. The first-order valence-corrected chi connectivity index (χ1v) is 33.1. The van der Waals surface area contributed by atoms with Crippen LogP contribution in [-0.2, 0) is 70.8 Å². The van der Waals surface area contributed by atoms with E-state index in [0.29, 0.717) is 35.0 Å². The number of carboxylic acids is 2. The minimum Gasteiger partial charge on any atom is -0.505 e. The number of phenols is 2. The molecule has 0 fully saturated rings. The summed E-state index contributed by atoms with van der Waals surface area (Å²) in [6.07, 6.45) is 0. The number of phenolic OH excluding ortho intramolecular Hbond substituents is 2. The molecular weight excluding hydrogens is 1390 g/mol. The zero-order valence-corrected chi connectivity index (χ0v) is 49.4. The van der Waals surface area contributed by atoms with Crippen molar-refractivity contribution < 1.29 is 131 Å². The second kappa shape index (κ2) is 23.4. The maximum Gasteiger partial charge on any atom is 0.358 e. The summed E-state index contributed by atoms with van der Waals surface area (Å²) >= 11 is 0. The van der Waals surface area contributed by atoms with Gasteiger partial charge in [-0.1, -0.05) is 0 Å². The van der Waals surface area contributed by atoms with E-state index in [9.17, 15) is 136 Å². The Morgan fingerprint density at radius 2 is 0.957 bits per heavy atom. The van der Waals surface area contributed by atoms with Crippen LogP contribution in [0.15, 0.2) is 160 Å². The van der Waals surface area contributed by atoms with E-state index in [-0.39, 0.29) is 36.0 Å². The van der Waals surface area contributed by atoms with Crippen molar-refractivity contribution in [3.8, 4) is 23.1 Å². The molecule has 1 heterocycles. The number of nitro benzene ring substituents is 1. The molecule has 0 unspecified atom stereocenters. The molecule has 0 saturated heterocycles. The lowest BCUT2D eigenvalue weighted by Gasteiger charge is -2.15. The summed E-state index contributed by atoms with van der Waals surface area (Å²) in [5.74, 6) is -8.46. The number of aromatic carboxylic acids is 2. The number of benzene rings is 7. The molecule has 42 nitrogen and oxygen atoms in total. The summed E-state index contributed by atoms with van der Waals surface area (Å²) in [6, 6.07) is 7.36. The van der Waals surface area contributed by atoms with Crippen molar-refractivity contribution in [2.45, 2.75) is 34.3 Å². The number of aromatic hydroxyl groups is 3. The third-order valence-corrected chi connectivity index (χ3v) is 18.2. The number of carboxylic acid groups (broad SMARTS) is 2. The smallest absolute Gasteiger partial charge is 0.358 e. The summed E-state index contributed by atoms with van der Waals surface area (Å²) < 4.78 is 247. The van der Waals surface area contributed by atoms with E-state index >= 15 is 0 Å². The first kappa shape index (κ1) is 67.5. The number of anilines is 1. The fraction of sp³-hybridized carbons (Fsp3) is 0. The lowest BCUT2D eigenvalue weighted by atomic mass is 10.0. The second-order valence-corrected chi connectivity index (χ2v) is 27.5. The third kappa shape index (κ3) is 13.4. The Morgan fingerprint density at radius 1 is 0.467 bits per heavy atom. The van der Waals surface area contributed by atoms with Gasteiger partial charge in [-0.2, -0.15) is 73.8 Å². The van der Waals surface area contributed by atoms with Crippen LogP contribution in [0.25, 0.3) is 27.2 Å². The molecule has 0 spiro atoms. The Labute approximate surface area is 509 Å². The van der Waals surface area contributed by atoms with Crippen molar-refractivity contribution in [2.75, 3.05) is 5.73 Å². The van der Waals surface area contributed by atoms with Crippen molar-refractivity contribution in [3.63, 3.8) is 0 Å². The van der Waals surface area contributed by atoms with E-state index in [1.54, 1.807) is 0 Å². The molecule has 92 heavy (non-hydrogen) atoms. The van der Waals surface area contributed by atoms with Crippen LogP contribution in [0.1, 0.15) is 20.8 Å². The van der Waals surface area contributed by atoms with Crippen LogP contribution in [0.4, 0.5) is 56.9 Å². The Morgan fingerprint density at radius 3 is 1.48 bits per heavy atom. The number of hydrogen-bond acceptors (Lipinski definition) is 31. The van der Waals surface area contributed by atoms with Crippen molar-refractivity contribution >= 4 is 161 Å². The zero-order chi connectivity index (χ0) is 68.7. The van der Waals surface area contributed by atoms with Gasteiger partial charge in [-0.05, 0) is 72.8 Å². The highest BCUT2D eigenvalue weighted by Crippen LogP contribution is 2.50. The van der Waals surface area contributed by atoms with Crippen molar-refractivity contribution in [1.82, 2.24) is 9.78 Å². The molecular formula is C43H28N12O30S7. The maximum atomic E-state index is 13.2. The van der Waals surface area contributed by atoms with E-state index in [1.807, 2.05) is 0 Å². The van der Waals surface area contributed by atoms with Crippen molar-refractivity contribution in [1.29, 1.82) is 0 Å². The summed E-state index contributed by atoms with van der Waals surface area (Å²) in [4.78, 5) is 25.1. The predicted molar refractivity (Wildman–Crippen MR) is 300 cm³/mol. The first-order valence-electron chi connectivity index (χ1n) is 23.0. The molecule has 0 aliphatic rings. The SMILES string of the molecule is Nc1c(N=Nc2ccc3c(O)c(/N=N\c4cc(C(=O)O)c(/N=N/c5c(C(=O)O)nn(-c6ccc(S(=O)(=O)O)cc6)c5O)c(S(=O)(=O)O)c4)c(S(=O)(=O)O)cc3c2S(=O)(=O)O)cc(S(=O)(=O)O)c2cc(S(=O)(=O)O)c(/N=N\c3ccc([N+](=O)[O-])cc3S(=O)(=O)O)c(O)c12. The molecule has 0 saturated carbocycles. The van der Waals surface area contributed by atoms with Crippen LogP contribution < -0.4 is 5.73 Å². The van der Waals surface area contributed by atoms with Crippen LogP contribution in [0.3, 0.4) is 0 Å². The van der Waals surface area contributed by atoms with Crippen molar-refractivity contribution in [2.24, 2.45) is 40.9 Å². The Balaban J connectivity index is 1.26. The fourth-order valence-corrected chi connectivity index (χ4v) is 12.7. The second-order valence-electron chi connectivity index (χ2n) is 17.8. The number of nitro groups is 1. The summed E-state index contributed by atoms with van der Waals surface area (Å²) in [7, 11) is -39.1. The van der Waals surface area contributed by atoms with Gasteiger partial charge in [-0.3, -0.25) is 42.0 Å². The molecule has 0 aliphatic heterocycles. The van der Waals surface area contributed by atoms with E-state index in [0.717, 1.165) is 24.3 Å². The highest BCUT2D eigenvalue weighted by Gasteiger charge is 2.33. The quantitative estimate of drug-likeness (QED) is 0.0134. The predicted octanol–water partition coefficient (Wildman–Crippen LogP) is 6.57. The Kier molecular flexibility index (Phi) is 17.2.